The van der Waals surface area contributed by atoms with Crippen molar-refractivity contribution in [2.24, 2.45) is 0 Å². The number of halogens is 1. The van der Waals surface area contributed by atoms with Gasteiger partial charge in [0.25, 0.3) is 0 Å². The van der Waals surface area contributed by atoms with Crippen LogP contribution in [0, 0.1) is 6.92 Å². The van der Waals surface area contributed by atoms with E-state index < -0.39 is 0 Å². The molecule has 0 spiro atoms. The Hall–Kier alpha value is -1.48. The van der Waals surface area contributed by atoms with Crippen molar-refractivity contribution >= 4 is 21.6 Å². The molecule has 0 fully saturated rings. The smallest absolute Gasteiger partial charge is 0.118 e. The van der Waals surface area contributed by atoms with Gasteiger partial charge in [-0.1, -0.05) is 40.2 Å². The predicted octanol–water partition coefficient (Wildman–Crippen LogP) is 4.53. The summed E-state index contributed by atoms with van der Waals surface area (Å²) in [6, 6.07) is 14.8. The highest BCUT2D eigenvalue weighted by Crippen LogP contribution is 2.23. The zero-order valence-corrected chi connectivity index (χ0v) is 13.8. The molecule has 0 aliphatic rings. The topological polar surface area (TPSA) is 12.5 Å². The van der Waals surface area contributed by atoms with Gasteiger partial charge in [-0.25, -0.2) is 0 Å². The highest BCUT2D eigenvalue weighted by Gasteiger charge is 2.06. The second-order valence-corrected chi connectivity index (χ2v) is 5.52. The summed E-state index contributed by atoms with van der Waals surface area (Å²) in [6.45, 7) is 3.05. The summed E-state index contributed by atoms with van der Waals surface area (Å²) in [4.78, 5) is 2.27. The molecule has 2 rings (SSSR count). The zero-order valence-electron chi connectivity index (χ0n) is 12.2. The van der Waals surface area contributed by atoms with Gasteiger partial charge in [0.15, 0.2) is 0 Å². The Bertz CT molecular complexity index is 566. The normalized spacial score (nSPS) is 10.4. The van der Waals surface area contributed by atoms with Crippen molar-refractivity contribution in [3.63, 3.8) is 0 Å². The molecule has 20 heavy (non-hydrogen) atoms. The van der Waals surface area contributed by atoms with Crippen molar-refractivity contribution in [2.75, 3.05) is 19.1 Å². The molecule has 0 heterocycles. The molecule has 0 amide bonds. The summed E-state index contributed by atoms with van der Waals surface area (Å²) in [7, 11) is 3.82. The van der Waals surface area contributed by atoms with E-state index in [2.05, 4.69) is 65.1 Å². The van der Waals surface area contributed by atoms with Crippen LogP contribution < -0.4 is 9.64 Å². The van der Waals surface area contributed by atoms with Crippen molar-refractivity contribution in [1.29, 1.82) is 0 Å². The maximum atomic E-state index is 5.19. The van der Waals surface area contributed by atoms with E-state index >= 15 is 0 Å². The Morgan fingerprint density at radius 3 is 2.25 bits per heavy atom. The van der Waals surface area contributed by atoms with Crippen LogP contribution in [0.4, 0.5) is 5.69 Å². The van der Waals surface area contributed by atoms with E-state index in [1.165, 1.54) is 22.4 Å². The van der Waals surface area contributed by atoms with E-state index in [1.54, 1.807) is 7.11 Å². The van der Waals surface area contributed by atoms with Crippen molar-refractivity contribution in [3.05, 3.63) is 59.2 Å². The molecule has 0 radical (unpaired) electrons. The van der Waals surface area contributed by atoms with Gasteiger partial charge in [0, 0.05) is 24.6 Å². The van der Waals surface area contributed by atoms with Gasteiger partial charge < -0.3 is 9.64 Å². The van der Waals surface area contributed by atoms with Gasteiger partial charge in [-0.3, -0.25) is 0 Å². The molecule has 106 valence electrons. The number of hydrogen-bond acceptors (Lipinski definition) is 2. The summed E-state index contributed by atoms with van der Waals surface area (Å²) >= 11 is 3.50. The minimum atomic E-state index is 0.887. The van der Waals surface area contributed by atoms with Crippen LogP contribution in [0.2, 0.25) is 0 Å². The van der Waals surface area contributed by atoms with Crippen LogP contribution in [0.5, 0.6) is 5.75 Å². The lowest BCUT2D eigenvalue weighted by molar-refractivity contribution is 0.414. The number of ether oxygens (including phenoxy) is 1. The van der Waals surface area contributed by atoms with Crippen molar-refractivity contribution in [3.8, 4) is 5.75 Å². The van der Waals surface area contributed by atoms with E-state index in [0.29, 0.717) is 0 Å². The van der Waals surface area contributed by atoms with E-state index in [1.807, 2.05) is 12.1 Å². The number of rotatable bonds is 5. The van der Waals surface area contributed by atoms with Gasteiger partial charge >= 0.3 is 0 Å². The molecule has 2 nitrogen and oxygen atoms in total. The molecular weight excluding hydrogens is 314 g/mol. The largest absolute Gasteiger partial charge is 0.497 e. The summed E-state index contributed by atoms with van der Waals surface area (Å²) in [5, 5.41) is 0.899. The fourth-order valence-corrected chi connectivity index (χ4v) is 2.67. The van der Waals surface area contributed by atoms with Gasteiger partial charge in [-0.05, 0) is 41.8 Å². The van der Waals surface area contributed by atoms with Gasteiger partial charge in [0.2, 0.25) is 0 Å². The Balaban J connectivity index is 2.12. The van der Waals surface area contributed by atoms with E-state index in [9.17, 15) is 0 Å². The number of anilines is 1. The van der Waals surface area contributed by atoms with Crippen LogP contribution in [0.1, 0.15) is 16.7 Å². The highest BCUT2D eigenvalue weighted by molar-refractivity contribution is 9.08. The number of hydrogen-bond donors (Lipinski definition) is 0. The number of aryl methyl sites for hydroxylation is 1. The second-order valence-electron chi connectivity index (χ2n) is 4.96. The second kappa shape index (κ2) is 6.80. The lowest BCUT2D eigenvalue weighted by Crippen LogP contribution is -2.17. The minimum absolute atomic E-state index is 0.887. The lowest BCUT2D eigenvalue weighted by Gasteiger charge is -2.22. The van der Waals surface area contributed by atoms with Crippen LogP contribution in [-0.4, -0.2) is 14.2 Å². The first kappa shape index (κ1) is 14.9. The number of nitrogens with zero attached hydrogens (tertiary/aromatic N) is 1. The Morgan fingerprint density at radius 1 is 1.05 bits per heavy atom. The van der Waals surface area contributed by atoms with Crippen LogP contribution in [0.3, 0.4) is 0 Å². The fraction of sp³-hybridized carbons (Fsp3) is 0.294. The van der Waals surface area contributed by atoms with Crippen molar-refractivity contribution in [1.82, 2.24) is 0 Å². The van der Waals surface area contributed by atoms with Crippen LogP contribution in [-0.2, 0) is 11.9 Å². The quantitative estimate of drug-likeness (QED) is 0.745. The predicted molar refractivity (Wildman–Crippen MR) is 88.9 cm³/mol. The molecule has 0 unspecified atom stereocenters. The summed E-state index contributed by atoms with van der Waals surface area (Å²) < 4.78 is 5.19. The third kappa shape index (κ3) is 3.54. The third-order valence-corrected chi connectivity index (χ3v) is 4.05. The van der Waals surface area contributed by atoms with Crippen molar-refractivity contribution in [2.45, 2.75) is 18.8 Å². The Kier molecular flexibility index (Phi) is 5.07. The zero-order chi connectivity index (χ0) is 14.5. The number of methoxy groups -OCH3 is 1. The van der Waals surface area contributed by atoms with E-state index in [-0.39, 0.29) is 0 Å². The molecular formula is C17H20BrNO. The van der Waals surface area contributed by atoms with Gasteiger partial charge in [0.1, 0.15) is 5.75 Å². The molecule has 2 aromatic carbocycles. The van der Waals surface area contributed by atoms with Crippen LogP contribution in [0.15, 0.2) is 42.5 Å². The van der Waals surface area contributed by atoms with Gasteiger partial charge in [-0.15, -0.1) is 0 Å². The number of benzene rings is 2. The SMILES string of the molecule is COc1ccc(CN(C)c2ccc(CBr)cc2C)cc1. The fourth-order valence-electron chi connectivity index (χ4n) is 2.32. The summed E-state index contributed by atoms with van der Waals surface area (Å²) in [5.74, 6) is 0.897. The first-order chi connectivity index (χ1) is 9.63. The molecule has 0 aromatic heterocycles. The van der Waals surface area contributed by atoms with Crippen molar-refractivity contribution < 1.29 is 4.74 Å². The monoisotopic (exact) mass is 333 g/mol. The molecule has 0 aliphatic carbocycles. The molecule has 3 heteroatoms. The Morgan fingerprint density at radius 2 is 1.70 bits per heavy atom. The van der Waals surface area contributed by atoms with Gasteiger partial charge in [-0.2, -0.15) is 0 Å². The molecule has 0 aliphatic heterocycles. The molecule has 0 N–H and O–H groups in total. The van der Waals surface area contributed by atoms with E-state index in [4.69, 9.17) is 4.74 Å². The number of alkyl halides is 1. The molecule has 0 saturated heterocycles. The third-order valence-electron chi connectivity index (χ3n) is 3.41. The summed E-state index contributed by atoms with van der Waals surface area (Å²) in [6.07, 6.45) is 0. The molecule has 0 saturated carbocycles. The molecule has 0 atom stereocenters. The average molecular weight is 334 g/mol. The first-order valence-electron chi connectivity index (χ1n) is 6.63. The van der Waals surface area contributed by atoms with Crippen LogP contribution >= 0.6 is 15.9 Å². The maximum absolute atomic E-state index is 5.19. The molecule has 2 aromatic rings. The van der Waals surface area contributed by atoms with E-state index in [0.717, 1.165) is 17.6 Å². The Labute approximate surface area is 129 Å². The molecule has 0 bridgehead atoms. The highest BCUT2D eigenvalue weighted by atomic mass is 79.9. The maximum Gasteiger partial charge on any atom is 0.118 e. The minimum Gasteiger partial charge on any atom is -0.497 e. The lowest BCUT2D eigenvalue weighted by atomic mass is 10.1. The van der Waals surface area contributed by atoms with Gasteiger partial charge in [0.05, 0.1) is 7.11 Å². The average Bonchev–Trinajstić information content (AvgIpc) is 2.47. The first-order valence-corrected chi connectivity index (χ1v) is 7.75. The standard InChI is InChI=1S/C17H20BrNO/c1-13-10-15(11-18)6-9-17(13)19(2)12-14-4-7-16(20-3)8-5-14/h4-10H,11-12H2,1-3H3. The van der Waals surface area contributed by atoms with Crippen LogP contribution in [0.25, 0.3) is 0 Å². The summed E-state index contributed by atoms with van der Waals surface area (Å²) in [5.41, 5.74) is 5.16.